The molecular formula is C17H17ClFN7O2. The van der Waals surface area contributed by atoms with Crippen LogP contribution < -0.4 is 15.7 Å². The van der Waals surface area contributed by atoms with E-state index in [2.05, 4.69) is 25.6 Å². The van der Waals surface area contributed by atoms with Gasteiger partial charge in [-0.15, -0.1) is 0 Å². The van der Waals surface area contributed by atoms with Gasteiger partial charge in [0.25, 0.3) is 0 Å². The van der Waals surface area contributed by atoms with Gasteiger partial charge >= 0.3 is 0 Å². The summed E-state index contributed by atoms with van der Waals surface area (Å²) in [6.45, 7) is 2.28. The van der Waals surface area contributed by atoms with Crippen LogP contribution >= 0.6 is 11.6 Å². The molecule has 1 aromatic carbocycles. The minimum atomic E-state index is -0.625. The van der Waals surface area contributed by atoms with E-state index in [1.165, 1.54) is 31.3 Å². The van der Waals surface area contributed by atoms with Crippen molar-refractivity contribution in [3.05, 3.63) is 46.9 Å². The van der Waals surface area contributed by atoms with Gasteiger partial charge in [-0.3, -0.25) is 15.4 Å². The van der Waals surface area contributed by atoms with E-state index in [-0.39, 0.29) is 22.5 Å². The maximum absolute atomic E-state index is 13.3. The molecular weight excluding hydrogens is 389 g/mol. The normalized spacial score (nSPS) is 10.7. The number of rotatable bonds is 6. The highest BCUT2D eigenvalue weighted by molar-refractivity contribution is 6.31. The third kappa shape index (κ3) is 4.18. The summed E-state index contributed by atoms with van der Waals surface area (Å²) in [5.41, 5.74) is 1.24. The predicted octanol–water partition coefficient (Wildman–Crippen LogP) is 2.52. The Balaban J connectivity index is 1.82. The molecule has 0 saturated carbocycles. The molecule has 0 aliphatic carbocycles. The van der Waals surface area contributed by atoms with Crippen LogP contribution in [0, 0.1) is 11.2 Å². The minimum absolute atomic E-state index is 0.132. The van der Waals surface area contributed by atoms with Gasteiger partial charge in [0.15, 0.2) is 11.5 Å². The van der Waals surface area contributed by atoms with Crippen LogP contribution in [-0.2, 0) is 4.79 Å². The molecule has 0 fully saturated rings. The Kier molecular flexibility index (Phi) is 5.71. The molecule has 0 spiro atoms. The topological polar surface area (TPSA) is 130 Å². The Morgan fingerprint density at radius 3 is 2.89 bits per heavy atom. The Bertz CT molecular complexity index is 1040. The first-order valence-corrected chi connectivity index (χ1v) is 8.60. The number of aromatic nitrogens is 3. The number of benzene rings is 1. The van der Waals surface area contributed by atoms with E-state index < -0.39 is 5.82 Å². The fraction of sp³-hybridized carbons (Fsp3) is 0.176. The van der Waals surface area contributed by atoms with Crippen LogP contribution in [0.1, 0.15) is 12.5 Å². The fourth-order valence-electron chi connectivity index (χ4n) is 2.47. The summed E-state index contributed by atoms with van der Waals surface area (Å²) in [6, 6.07) is 5.16. The van der Waals surface area contributed by atoms with Crippen LogP contribution in [0.25, 0.3) is 11.2 Å². The summed E-state index contributed by atoms with van der Waals surface area (Å²) in [4.78, 5) is 22.3. The number of nitrogens with zero attached hydrogens (tertiary/aromatic N) is 3. The van der Waals surface area contributed by atoms with E-state index >= 15 is 0 Å². The van der Waals surface area contributed by atoms with E-state index in [4.69, 9.17) is 17.0 Å². The maximum atomic E-state index is 13.3. The van der Waals surface area contributed by atoms with Crippen molar-refractivity contribution in [3.63, 3.8) is 0 Å². The molecule has 0 unspecified atom stereocenters. The first kappa shape index (κ1) is 19.5. The number of amidine groups is 1. The second kappa shape index (κ2) is 8.19. The number of aromatic amines is 1. The zero-order valence-corrected chi connectivity index (χ0v) is 15.5. The Morgan fingerprint density at radius 2 is 2.18 bits per heavy atom. The Morgan fingerprint density at radius 1 is 1.39 bits per heavy atom. The van der Waals surface area contributed by atoms with Gasteiger partial charge in [-0.2, -0.15) is 4.98 Å². The summed E-state index contributed by atoms with van der Waals surface area (Å²) in [5, 5.41) is 24.7. The van der Waals surface area contributed by atoms with Gasteiger partial charge in [-0.05, 0) is 24.3 Å². The highest BCUT2D eigenvalue weighted by Crippen LogP contribution is 2.24. The number of fused-ring (bicyclic) bond motifs is 1. The molecule has 0 aliphatic heterocycles. The number of H-pyrrole nitrogens is 1. The maximum Gasteiger partial charge on any atom is 0.216 e. The van der Waals surface area contributed by atoms with E-state index in [1.807, 2.05) is 0 Å². The molecule has 9 nitrogen and oxygen atoms in total. The number of hydrogen-bond donors (Lipinski definition) is 5. The largest absolute Gasteiger partial charge is 0.355 e. The molecule has 3 aromatic rings. The molecule has 0 bridgehead atoms. The third-order valence-corrected chi connectivity index (χ3v) is 4.09. The third-order valence-electron chi connectivity index (χ3n) is 3.80. The molecule has 0 atom stereocenters. The number of hydroxylamine groups is 1. The van der Waals surface area contributed by atoms with E-state index in [0.29, 0.717) is 40.8 Å². The zero-order chi connectivity index (χ0) is 20.3. The molecule has 5 N–H and O–H groups in total. The van der Waals surface area contributed by atoms with Crippen molar-refractivity contribution in [2.75, 3.05) is 23.5 Å². The van der Waals surface area contributed by atoms with Crippen molar-refractivity contribution in [1.82, 2.24) is 20.3 Å². The monoisotopic (exact) mass is 405 g/mol. The highest BCUT2D eigenvalue weighted by atomic mass is 35.5. The average Bonchev–Trinajstić information content (AvgIpc) is 3.09. The van der Waals surface area contributed by atoms with Crippen LogP contribution in [0.2, 0.25) is 5.02 Å². The standard InChI is InChI=1S/C17H17ClFN7O2/c1-9(27)21-6-7-23-17-24-14-11(4-5-22-16(14)25-17)15(20)26(28)10-2-3-13(19)12(18)8-10/h2-5,8,20,28H,6-7H2,1H3,(H,21,27)(H2,22,23,24,25). The SMILES string of the molecule is CC(=O)NCCNc1nc2nccc(C(=N)N(O)c3ccc(F)c(Cl)c3)c2[nH]1. The fourth-order valence-corrected chi connectivity index (χ4v) is 2.65. The summed E-state index contributed by atoms with van der Waals surface area (Å²) < 4.78 is 13.3. The zero-order valence-electron chi connectivity index (χ0n) is 14.8. The van der Waals surface area contributed by atoms with E-state index in [0.717, 1.165) is 6.07 Å². The van der Waals surface area contributed by atoms with E-state index in [1.54, 1.807) is 0 Å². The number of pyridine rings is 1. The summed E-state index contributed by atoms with van der Waals surface area (Å²) in [7, 11) is 0. The predicted molar refractivity (Wildman–Crippen MR) is 104 cm³/mol. The first-order valence-electron chi connectivity index (χ1n) is 8.23. The number of nitrogens with one attached hydrogen (secondary N) is 4. The average molecular weight is 406 g/mol. The molecule has 0 radical (unpaired) electrons. The molecule has 3 rings (SSSR count). The lowest BCUT2D eigenvalue weighted by atomic mass is 10.2. The Labute approximate surface area is 164 Å². The minimum Gasteiger partial charge on any atom is -0.355 e. The van der Waals surface area contributed by atoms with Gasteiger partial charge in [0.2, 0.25) is 11.9 Å². The molecule has 2 heterocycles. The van der Waals surface area contributed by atoms with Crippen LogP contribution in [0.4, 0.5) is 16.0 Å². The van der Waals surface area contributed by atoms with Gasteiger partial charge in [0, 0.05) is 31.8 Å². The second-order valence-corrected chi connectivity index (χ2v) is 6.22. The number of carbonyl (C=O) groups excluding carboxylic acids is 1. The number of amides is 1. The van der Waals surface area contributed by atoms with Crippen LogP contribution in [-0.4, -0.2) is 45.0 Å². The molecule has 146 valence electrons. The highest BCUT2D eigenvalue weighted by Gasteiger charge is 2.18. The lowest BCUT2D eigenvalue weighted by Crippen LogP contribution is -2.27. The number of hydrogen-bond acceptors (Lipinski definition) is 6. The summed E-state index contributed by atoms with van der Waals surface area (Å²) in [5.74, 6) is -0.626. The van der Waals surface area contributed by atoms with Crippen LogP contribution in [0.3, 0.4) is 0 Å². The van der Waals surface area contributed by atoms with Crippen molar-refractivity contribution in [3.8, 4) is 0 Å². The van der Waals surface area contributed by atoms with Gasteiger partial charge < -0.3 is 15.6 Å². The summed E-state index contributed by atoms with van der Waals surface area (Å²) in [6.07, 6.45) is 1.46. The van der Waals surface area contributed by atoms with E-state index in [9.17, 15) is 14.4 Å². The van der Waals surface area contributed by atoms with Crippen LogP contribution in [0.15, 0.2) is 30.5 Å². The van der Waals surface area contributed by atoms with Gasteiger partial charge in [0.1, 0.15) is 5.82 Å². The number of halogens is 2. The van der Waals surface area contributed by atoms with Gasteiger partial charge in [0.05, 0.1) is 16.2 Å². The van der Waals surface area contributed by atoms with Crippen molar-refractivity contribution >= 4 is 46.1 Å². The van der Waals surface area contributed by atoms with Crippen molar-refractivity contribution in [2.24, 2.45) is 0 Å². The lowest BCUT2D eigenvalue weighted by Gasteiger charge is -2.18. The lowest BCUT2D eigenvalue weighted by molar-refractivity contribution is -0.118. The van der Waals surface area contributed by atoms with Crippen molar-refractivity contribution in [1.29, 1.82) is 5.41 Å². The second-order valence-electron chi connectivity index (χ2n) is 5.81. The molecule has 11 heteroatoms. The Hall–Kier alpha value is -3.24. The molecule has 2 aromatic heterocycles. The number of carbonyl (C=O) groups is 1. The van der Waals surface area contributed by atoms with Gasteiger partial charge in [-0.25, -0.2) is 14.4 Å². The van der Waals surface area contributed by atoms with Crippen molar-refractivity contribution in [2.45, 2.75) is 6.92 Å². The number of imidazole rings is 1. The van der Waals surface area contributed by atoms with Gasteiger partial charge in [-0.1, -0.05) is 11.6 Å². The first-order chi connectivity index (χ1) is 13.4. The number of anilines is 2. The molecule has 28 heavy (non-hydrogen) atoms. The van der Waals surface area contributed by atoms with Crippen LogP contribution in [0.5, 0.6) is 0 Å². The quantitative estimate of drug-likeness (QED) is 0.185. The molecule has 1 amide bonds. The smallest absolute Gasteiger partial charge is 0.216 e. The molecule has 0 aliphatic rings. The summed E-state index contributed by atoms with van der Waals surface area (Å²) >= 11 is 5.74. The molecule has 0 saturated heterocycles. The van der Waals surface area contributed by atoms with Crippen molar-refractivity contribution < 1.29 is 14.4 Å².